The summed E-state index contributed by atoms with van der Waals surface area (Å²) in [5.74, 6) is -0.855. The van der Waals surface area contributed by atoms with Gasteiger partial charge in [0.1, 0.15) is 13.2 Å². The van der Waals surface area contributed by atoms with Crippen LogP contribution in [0, 0.1) is 0 Å². The zero-order chi connectivity index (χ0) is 50.0. The van der Waals surface area contributed by atoms with Gasteiger partial charge in [0.15, 0.2) is 6.10 Å². The van der Waals surface area contributed by atoms with Crippen LogP contribution in [0.4, 0.5) is 0 Å². The van der Waals surface area contributed by atoms with Gasteiger partial charge in [-0.05, 0) is 70.6 Å². The smallest absolute Gasteiger partial charge is 0.306 e. The fourth-order valence-corrected chi connectivity index (χ4v) is 9.26. The fraction of sp³-hybridized carbons (Fsp3) is 0.889. The molecule has 0 saturated carbocycles. The van der Waals surface area contributed by atoms with Gasteiger partial charge in [-0.15, -0.1) is 0 Å². The lowest BCUT2D eigenvalue weighted by Crippen LogP contribution is -2.30. The molecule has 0 aliphatic rings. The maximum Gasteiger partial charge on any atom is 0.306 e. The Morgan fingerprint density at radius 1 is 0.275 bits per heavy atom. The van der Waals surface area contributed by atoms with Gasteiger partial charge in [0, 0.05) is 19.3 Å². The molecule has 0 aliphatic carbocycles. The third-order valence-electron chi connectivity index (χ3n) is 13.9. The third-order valence-corrected chi connectivity index (χ3v) is 13.9. The van der Waals surface area contributed by atoms with E-state index in [1.54, 1.807) is 0 Å². The molecule has 0 radical (unpaired) electrons. The average molecular weight is 972 g/mol. The van der Waals surface area contributed by atoms with Crippen molar-refractivity contribution >= 4 is 17.9 Å². The molecule has 0 spiro atoms. The molecule has 0 fully saturated rings. The summed E-state index contributed by atoms with van der Waals surface area (Å²) in [7, 11) is 0. The number of carbonyl (C=O) groups excluding carboxylic acids is 3. The SMILES string of the molecule is CCCCCC/C=C\CCCCCCCCCC(=O)OC[C@H](COC(=O)CCCCCCCCCCCCCCCCCCCCC)OC(=O)CCCCCCCCC/C=C\CCCCCCCC. The van der Waals surface area contributed by atoms with Crippen LogP contribution in [0.3, 0.4) is 0 Å². The lowest BCUT2D eigenvalue weighted by atomic mass is 10.0. The van der Waals surface area contributed by atoms with Gasteiger partial charge < -0.3 is 14.2 Å². The van der Waals surface area contributed by atoms with Crippen LogP contribution in [-0.4, -0.2) is 37.2 Å². The topological polar surface area (TPSA) is 78.9 Å². The standard InChI is InChI=1S/C63H118O6/c1-4-7-10-13-16-19-22-25-28-30-31-33-35-38-41-44-47-50-53-56-62(65)68-59-60(58-67-61(64)55-52-49-46-43-40-37-34-27-24-21-18-15-12-9-6-3)69-63(66)57-54-51-48-45-42-39-36-32-29-26-23-20-17-14-11-8-5-2/h21,24,26,29,60H,4-20,22-23,25,27-28,30-59H2,1-3H3/b24-21-,29-26-/t60-/m1/s1. The van der Waals surface area contributed by atoms with Crippen LogP contribution >= 0.6 is 0 Å². The van der Waals surface area contributed by atoms with E-state index in [0.717, 1.165) is 57.8 Å². The van der Waals surface area contributed by atoms with Crippen LogP contribution in [0.5, 0.6) is 0 Å². The molecule has 0 bridgehead atoms. The van der Waals surface area contributed by atoms with Gasteiger partial charge >= 0.3 is 17.9 Å². The predicted molar refractivity (Wildman–Crippen MR) is 298 cm³/mol. The van der Waals surface area contributed by atoms with Crippen molar-refractivity contribution < 1.29 is 28.6 Å². The molecule has 0 aromatic heterocycles. The van der Waals surface area contributed by atoms with Crippen molar-refractivity contribution in [1.82, 2.24) is 0 Å². The lowest BCUT2D eigenvalue weighted by molar-refractivity contribution is -0.167. The molecule has 0 aromatic rings. The van der Waals surface area contributed by atoms with Crippen molar-refractivity contribution in [3.05, 3.63) is 24.3 Å². The number of carbonyl (C=O) groups is 3. The second kappa shape index (κ2) is 58.5. The highest BCUT2D eigenvalue weighted by molar-refractivity contribution is 5.71. The summed E-state index contributed by atoms with van der Waals surface area (Å²) in [5.41, 5.74) is 0. The summed E-state index contributed by atoms with van der Waals surface area (Å²) >= 11 is 0. The van der Waals surface area contributed by atoms with E-state index in [9.17, 15) is 14.4 Å². The number of allylic oxidation sites excluding steroid dienone is 4. The monoisotopic (exact) mass is 971 g/mol. The van der Waals surface area contributed by atoms with Gasteiger partial charge in [0.2, 0.25) is 0 Å². The van der Waals surface area contributed by atoms with Crippen LogP contribution in [0.15, 0.2) is 24.3 Å². The highest BCUT2D eigenvalue weighted by Crippen LogP contribution is 2.17. The molecule has 0 saturated heterocycles. The zero-order valence-corrected chi connectivity index (χ0v) is 46.6. The normalized spacial score (nSPS) is 12.1. The minimum atomic E-state index is -0.772. The highest BCUT2D eigenvalue weighted by atomic mass is 16.6. The summed E-state index contributed by atoms with van der Waals surface area (Å²) < 4.78 is 16.9. The van der Waals surface area contributed by atoms with Gasteiger partial charge in [0.25, 0.3) is 0 Å². The first-order chi connectivity index (χ1) is 34.0. The van der Waals surface area contributed by atoms with E-state index in [1.807, 2.05) is 0 Å². The van der Waals surface area contributed by atoms with Crippen molar-refractivity contribution in [2.45, 2.75) is 348 Å². The summed E-state index contributed by atoms with van der Waals surface area (Å²) in [6.45, 7) is 6.68. The van der Waals surface area contributed by atoms with Crippen molar-refractivity contribution in [3.63, 3.8) is 0 Å². The van der Waals surface area contributed by atoms with Gasteiger partial charge in [-0.3, -0.25) is 14.4 Å². The maximum absolute atomic E-state index is 12.9. The largest absolute Gasteiger partial charge is 0.462 e. The van der Waals surface area contributed by atoms with E-state index in [-0.39, 0.29) is 31.1 Å². The Morgan fingerprint density at radius 3 is 0.739 bits per heavy atom. The van der Waals surface area contributed by atoms with Gasteiger partial charge in [-0.2, -0.15) is 0 Å². The predicted octanol–water partition coefficient (Wildman–Crippen LogP) is 20.7. The quantitative estimate of drug-likeness (QED) is 0.0261. The third kappa shape index (κ3) is 56.7. The van der Waals surface area contributed by atoms with Crippen molar-refractivity contribution in [3.8, 4) is 0 Å². The van der Waals surface area contributed by atoms with Gasteiger partial charge in [-0.1, -0.05) is 276 Å². The average Bonchev–Trinajstić information content (AvgIpc) is 3.35. The van der Waals surface area contributed by atoms with E-state index >= 15 is 0 Å². The Morgan fingerprint density at radius 2 is 0.478 bits per heavy atom. The second-order valence-electron chi connectivity index (χ2n) is 21.0. The molecule has 6 nitrogen and oxygen atoms in total. The molecule has 0 unspecified atom stereocenters. The number of esters is 3. The van der Waals surface area contributed by atoms with Crippen molar-refractivity contribution in [2.75, 3.05) is 13.2 Å². The molecule has 0 heterocycles. The summed E-state index contributed by atoms with van der Waals surface area (Å²) in [6.07, 6.45) is 68.9. The van der Waals surface area contributed by atoms with Crippen molar-refractivity contribution in [1.29, 1.82) is 0 Å². The van der Waals surface area contributed by atoms with E-state index < -0.39 is 6.10 Å². The molecule has 0 amide bonds. The van der Waals surface area contributed by atoms with E-state index in [0.29, 0.717) is 19.3 Å². The Kier molecular flexibility index (Phi) is 56.7. The minimum Gasteiger partial charge on any atom is -0.462 e. The van der Waals surface area contributed by atoms with E-state index in [2.05, 4.69) is 45.1 Å². The number of ether oxygens (including phenoxy) is 3. The van der Waals surface area contributed by atoms with E-state index in [1.165, 1.54) is 244 Å². The number of hydrogen-bond acceptors (Lipinski definition) is 6. The minimum absolute atomic E-state index is 0.0695. The maximum atomic E-state index is 12.9. The van der Waals surface area contributed by atoms with Crippen LogP contribution in [0.25, 0.3) is 0 Å². The Bertz CT molecular complexity index is 1110. The number of rotatable bonds is 57. The first-order valence-electron chi connectivity index (χ1n) is 30.8. The molecule has 69 heavy (non-hydrogen) atoms. The highest BCUT2D eigenvalue weighted by Gasteiger charge is 2.19. The Labute approximate surface area is 430 Å². The molecule has 1 atom stereocenters. The van der Waals surface area contributed by atoms with E-state index in [4.69, 9.17) is 14.2 Å². The van der Waals surface area contributed by atoms with Crippen LogP contribution in [0.1, 0.15) is 342 Å². The summed E-state index contributed by atoms with van der Waals surface area (Å²) in [4.78, 5) is 38.2. The number of hydrogen-bond donors (Lipinski definition) is 0. The first kappa shape index (κ1) is 66.9. The molecular formula is C63H118O6. The molecule has 0 aliphatic heterocycles. The Balaban J connectivity index is 4.32. The van der Waals surface area contributed by atoms with Crippen molar-refractivity contribution in [2.24, 2.45) is 0 Å². The summed E-state index contributed by atoms with van der Waals surface area (Å²) in [5, 5.41) is 0. The molecule has 0 rings (SSSR count). The lowest BCUT2D eigenvalue weighted by Gasteiger charge is -2.18. The fourth-order valence-electron chi connectivity index (χ4n) is 9.26. The Hall–Kier alpha value is -2.11. The van der Waals surface area contributed by atoms with Gasteiger partial charge in [0.05, 0.1) is 0 Å². The molecular weight excluding hydrogens is 853 g/mol. The van der Waals surface area contributed by atoms with Crippen LogP contribution < -0.4 is 0 Å². The molecule has 0 aromatic carbocycles. The molecule has 406 valence electrons. The number of unbranched alkanes of at least 4 members (excludes halogenated alkanes) is 42. The second-order valence-corrected chi connectivity index (χ2v) is 21.0. The van der Waals surface area contributed by atoms with Gasteiger partial charge in [-0.25, -0.2) is 0 Å². The summed E-state index contributed by atoms with van der Waals surface area (Å²) in [6, 6.07) is 0. The molecule has 6 heteroatoms. The first-order valence-corrected chi connectivity index (χ1v) is 30.8. The van der Waals surface area contributed by atoms with Crippen LogP contribution in [-0.2, 0) is 28.6 Å². The zero-order valence-electron chi connectivity index (χ0n) is 46.6. The molecule has 0 N–H and O–H groups in total. The van der Waals surface area contributed by atoms with Crippen LogP contribution in [0.2, 0.25) is 0 Å².